The van der Waals surface area contributed by atoms with Crippen LogP contribution in [0.2, 0.25) is 0 Å². The summed E-state index contributed by atoms with van der Waals surface area (Å²) in [5.41, 5.74) is 0. The number of oxazole rings is 1. The summed E-state index contributed by atoms with van der Waals surface area (Å²) in [6, 6.07) is 9.80. The number of sulfone groups is 1. The molecule has 4 rings (SSSR count). The van der Waals surface area contributed by atoms with Crippen LogP contribution in [-0.4, -0.2) is 38.7 Å². The van der Waals surface area contributed by atoms with Crippen LogP contribution in [0.3, 0.4) is 0 Å². The Balaban J connectivity index is 1.84. The van der Waals surface area contributed by atoms with Gasteiger partial charge in [-0.3, -0.25) is 0 Å². The number of benzene rings is 1. The van der Waals surface area contributed by atoms with Crippen molar-refractivity contribution in [3.63, 3.8) is 0 Å². The zero-order valence-corrected chi connectivity index (χ0v) is 17.7. The third-order valence-corrected chi connectivity index (χ3v) is 6.59. The third-order valence-electron chi connectivity index (χ3n) is 4.40. The second kappa shape index (κ2) is 7.38. The summed E-state index contributed by atoms with van der Waals surface area (Å²) in [4.78, 5) is 6.32. The molecule has 3 heterocycles. The lowest BCUT2D eigenvalue weighted by Crippen LogP contribution is -2.45. The summed E-state index contributed by atoms with van der Waals surface area (Å²) < 4.78 is 44.5. The van der Waals surface area contributed by atoms with Gasteiger partial charge >= 0.3 is 0 Å². The van der Waals surface area contributed by atoms with Gasteiger partial charge in [0.1, 0.15) is 0 Å². The molecule has 28 heavy (non-hydrogen) atoms. The number of nitrogens with zero attached hydrogens (tertiary/aromatic N) is 2. The van der Waals surface area contributed by atoms with Crippen molar-refractivity contribution in [2.75, 3.05) is 18.0 Å². The van der Waals surface area contributed by atoms with Gasteiger partial charge in [0.15, 0.2) is 5.76 Å². The monoisotopic (exact) mass is 466 g/mol. The fourth-order valence-electron chi connectivity index (χ4n) is 3.25. The van der Waals surface area contributed by atoms with Crippen molar-refractivity contribution in [3.05, 3.63) is 47.1 Å². The molecule has 2 unspecified atom stereocenters. The minimum Gasteiger partial charge on any atom is -0.459 e. The molecule has 0 N–H and O–H groups in total. The smallest absolute Gasteiger partial charge is 0.266 e. The predicted molar refractivity (Wildman–Crippen MR) is 106 cm³/mol. The van der Waals surface area contributed by atoms with Crippen LogP contribution in [0.4, 0.5) is 5.88 Å². The summed E-state index contributed by atoms with van der Waals surface area (Å²) in [7, 11) is -3.89. The maximum absolute atomic E-state index is 13.3. The first kappa shape index (κ1) is 19.2. The minimum absolute atomic E-state index is 0.0656. The van der Waals surface area contributed by atoms with Gasteiger partial charge in [-0.2, -0.15) is 4.98 Å². The van der Waals surface area contributed by atoms with Crippen molar-refractivity contribution in [1.82, 2.24) is 4.98 Å². The number of morpholine rings is 1. The first-order valence-corrected chi connectivity index (χ1v) is 11.1. The van der Waals surface area contributed by atoms with E-state index in [4.69, 9.17) is 13.6 Å². The number of rotatable bonds is 4. The van der Waals surface area contributed by atoms with Crippen LogP contribution in [0.5, 0.6) is 0 Å². The van der Waals surface area contributed by atoms with E-state index in [1.165, 1.54) is 18.4 Å². The van der Waals surface area contributed by atoms with Crippen LogP contribution in [0.25, 0.3) is 11.7 Å². The molecular weight excluding hydrogens is 448 g/mol. The lowest BCUT2D eigenvalue weighted by Gasteiger charge is -2.35. The molecule has 0 radical (unpaired) electrons. The molecule has 1 aliphatic rings. The van der Waals surface area contributed by atoms with E-state index in [0.717, 1.165) is 4.47 Å². The zero-order chi connectivity index (χ0) is 19.9. The van der Waals surface area contributed by atoms with Crippen LogP contribution in [0.1, 0.15) is 13.8 Å². The second-order valence-corrected chi connectivity index (χ2v) is 9.51. The van der Waals surface area contributed by atoms with Gasteiger partial charge in [-0.1, -0.05) is 15.9 Å². The summed E-state index contributed by atoms with van der Waals surface area (Å²) in [5, 5.41) is -0.123. The van der Waals surface area contributed by atoms with Crippen molar-refractivity contribution in [1.29, 1.82) is 0 Å². The fourth-order valence-corrected chi connectivity index (χ4v) is 4.83. The number of furan rings is 1. The average molecular weight is 467 g/mol. The molecule has 9 heteroatoms. The Morgan fingerprint density at radius 1 is 1.11 bits per heavy atom. The molecule has 0 spiro atoms. The molecule has 0 saturated carbocycles. The number of ether oxygens (including phenoxy) is 1. The lowest BCUT2D eigenvalue weighted by molar-refractivity contribution is -0.00657. The Labute approximate surface area is 171 Å². The summed E-state index contributed by atoms with van der Waals surface area (Å²) in [5.74, 6) is 0.701. The summed E-state index contributed by atoms with van der Waals surface area (Å²) in [6.07, 6.45) is 1.36. The van der Waals surface area contributed by atoms with E-state index in [2.05, 4.69) is 20.9 Å². The molecule has 7 nitrogen and oxygen atoms in total. The molecule has 0 bridgehead atoms. The van der Waals surface area contributed by atoms with E-state index in [9.17, 15) is 8.42 Å². The maximum Gasteiger partial charge on any atom is 0.266 e. The molecule has 0 amide bonds. The summed E-state index contributed by atoms with van der Waals surface area (Å²) >= 11 is 3.33. The second-order valence-electron chi connectivity index (χ2n) is 6.73. The highest BCUT2D eigenvalue weighted by Crippen LogP contribution is 2.36. The minimum atomic E-state index is -3.89. The molecule has 0 aliphatic carbocycles. The molecule has 148 valence electrons. The predicted octanol–water partition coefficient (Wildman–Crippen LogP) is 4.14. The standard InChI is InChI=1S/C19H19BrN2O5S/c1-12-10-22(11-13(2)26-12)19-18(21-17(27-19)16-4-3-9-25-16)28(23,24)15-7-5-14(20)6-8-15/h3-9,12-13H,10-11H2,1-2H3. The molecular formula is C19H19BrN2O5S. The Kier molecular flexibility index (Phi) is 5.07. The van der Waals surface area contributed by atoms with Gasteiger partial charge in [-0.15, -0.1) is 0 Å². The number of halogens is 1. The third kappa shape index (κ3) is 3.61. The highest BCUT2D eigenvalue weighted by Gasteiger charge is 2.34. The molecule has 1 fully saturated rings. The molecule has 1 saturated heterocycles. The van der Waals surface area contributed by atoms with E-state index in [1.807, 2.05) is 18.7 Å². The summed E-state index contributed by atoms with van der Waals surface area (Å²) in [6.45, 7) is 4.88. The quantitative estimate of drug-likeness (QED) is 0.570. The first-order chi connectivity index (χ1) is 13.3. The lowest BCUT2D eigenvalue weighted by atomic mass is 10.2. The van der Waals surface area contributed by atoms with Crippen molar-refractivity contribution in [2.45, 2.75) is 36.0 Å². The van der Waals surface area contributed by atoms with Crippen molar-refractivity contribution in [3.8, 4) is 11.7 Å². The van der Waals surface area contributed by atoms with Gasteiger partial charge in [-0.25, -0.2) is 8.42 Å². The van der Waals surface area contributed by atoms with E-state index in [-0.39, 0.29) is 33.9 Å². The van der Waals surface area contributed by atoms with Crippen LogP contribution in [-0.2, 0) is 14.6 Å². The Morgan fingerprint density at radius 3 is 2.39 bits per heavy atom. The van der Waals surface area contributed by atoms with E-state index >= 15 is 0 Å². The molecule has 1 aliphatic heterocycles. The van der Waals surface area contributed by atoms with E-state index < -0.39 is 9.84 Å². The average Bonchev–Trinajstić information content (AvgIpc) is 3.31. The number of hydrogen-bond donors (Lipinski definition) is 0. The van der Waals surface area contributed by atoms with Crippen LogP contribution in [0.15, 0.2) is 65.9 Å². The zero-order valence-electron chi connectivity index (χ0n) is 15.3. The van der Waals surface area contributed by atoms with Gasteiger partial charge in [-0.05, 0) is 50.2 Å². The fraction of sp³-hybridized carbons (Fsp3) is 0.316. The molecule has 2 aromatic heterocycles. The molecule has 1 aromatic carbocycles. The van der Waals surface area contributed by atoms with Crippen LogP contribution >= 0.6 is 15.9 Å². The number of hydrogen-bond acceptors (Lipinski definition) is 7. The SMILES string of the molecule is CC1CN(c2oc(-c3ccco3)nc2S(=O)(=O)c2ccc(Br)cc2)CC(C)O1. The largest absolute Gasteiger partial charge is 0.459 e. The molecule has 2 atom stereocenters. The van der Waals surface area contributed by atoms with Gasteiger partial charge < -0.3 is 18.5 Å². The topological polar surface area (TPSA) is 85.8 Å². The molecule has 3 aromatic rings. The first-order valence-electron chi connectivity index (χ1n) is 8.80. The Hall–Kier alpha value is -2.10. The van der Waals surface area contributed by atoms with Crippen LogP contribution in [0, 0.1) is 0 Å². The van der Waals surface area contributed by atoms with Gasteiger partial charge in [0.25, 0.3) is 5.89 Å². The van der Waals surface area contributed by atoms with Crippen molar-refractivity contribution in [2.24, 2.45) is 0 Å². The normalized spacial score (nSPS) is 20.5. The Morgan fingerprint density at radius 2 is 1.79 bits per heavy atom. The maximum atomic E-state index is 13.3. The highest BCUT2D eigenvalue weighted by molar-refractivity contribution is 9.10. The highest BCUT2D eigenvalue weighted by atomic mass is 79.9. The van der Waals surface area contributed by atoms with E-state index in [0.29, 0.717) is 18.8 Å². The van der Waals surface area contributed by atoms with E-state index in [1.54, 1.807) is 24.3 Å². The van der Waals surface area contributed by atoms with Crippen molar-refractivity contribution >= 4 is 31.7 Å². The number of anilines is 1. The van der Waals surface area contributed by atoms with Gasteiger partial charge in [0, 0.05) is 17.6 Å². The van der Waals surface area contributed by atoms with Crippen LogP contribution < -0.4 is 4.90 Å². The number of aromatic nitrogens is 1. The van der Waals surface area contributed by atoms with Gasteiger partial charge in [0.05, 0.1) is 23.4 Å². The van der Waals surface area contributed by atoms with Crippen molar-refractivity contribution < 1.29 is 22.0 Å². The van der Waals surface area contributed by atoms with Gasteiger partial charge in [0.2, 0.25) is 20.7 Å². The Bertz CT molecular complexity index is 1050.